The highest BCUT2D eigenvalue weighted by Crippen LogP contribution is 2.43. The average Bonchev–Trinajstić information content (AvgIpc) is 3.19. The molecule has 144 valence electrons. The minimum atomic E-state index is 0.00365. The first-order valence-electron chi connectivity index (χ1n) is 8.79. The van der Waals surface area contributed by atoms with Gasteiger partial charge in [-0.25, -0.2) is 0 Å². The van der Waals surface area contributed by atoms with Crippen molar-refractivity contribution in [1.82, 2.24) is 10.2 Å². The lowest BCUT2D eigenvalue weighted by molar-refractivity contribution is -0.116. The summed E-state index contributed by atoms with van der Waals surface area (Å²) in [5.74, 6) is 2.38. The average molecular weight is 430 g/mol. The third-order valence-corrected chi connectivity index (χ3v) is 6.80. The monoisotopic (exact) mass is 429 g/mol. The van der Waals surface area contributed by atoms with Crippen molar-refractivity contribution in [2.45, 2.75) is 21.9 Å². The molecule has 1 aliphatic rings. The number of benzene rings is 2. The van der Waals surface area contributed by atoms with Crippen LogP contribution in [0.3, 0.4) is 0 Å². The predicted octanol–water partition coefficient (Wildman–Crippen LogP) is 4.90. The molecule has 0 radical (unpaired) electrons. The number of para-hydroxylation sites is 1. The molecule has 0 aliphatic carbocycles. The lowest BCUT2D eigenvalue weighted by atomic mass is 10.1. The van der Waals surface area contributed by atoms with E-state index in [2.05, 4.69) is 28.4 Å². The third kappa shape index (κ3) is 4.24. The molecule has 0 bridgehead atoms. The molecular formula is C20H19N3O2S3. The lowest BCUT2D eigenvalue weighted by Crippen LogP contribution is -2.39. The molecule has 0 unspecified atom stereocenters. The predicted molar refractivity (Wildman–Crippen MR) is 116 cm³/mol. The van der Waals surface area contributed by atoms with Gasteiger partial charge in [-0.2, -0.15) is 11.8 Å². The summed E-state index contributed by atoms with van der Waals surface area (Å²) in [7, 11) is 0. The summed E-state index contributed by atoms with van der Waals surface area (Å²) in [6.45, 7) is 0. The van der Waals surface area contributed by atoms with E-state index >= 15 is 0 Å². The van der Waals surface area contributed by atoms with Crippen molar-refractivity contribution in [2.75, 3.05) is 22.7 Å². The Balaban J connectivity index is 1.56. The summed E-state index contributed by atoms with van der Waals surface area (Å²) in [6.07, 6.45) is 1.98. The maximum Gasteiger partial charge on any atom is 0.277 e. The van der Waals surface area contributed by atoms with Gasteiger partial charge in [-0.15, -0.1) is 22.0 Å². The van der Waals surface area contributed by atoms with Gasteiger partial charge in [-0.05, 0) is 24.0 Å². The number of rotatable bonds is 6. The van der Waals surface area contributed by atoms with Crippen LogP contribution in [0.4, 0.5) is 5.69 Å². The van der Waals surface area contributed by atoms with Crippen LogP contribution in [-0.2, 0) is 10.5 Å². The number of anilines is 1. The molecule has 1 aliphatic heterocycles. The van der Waals surface area contributed by atoms with Gasteiger partial charge in [0.1, 0.15) is 0 Å². The highest BCUT2D eigenvalue weighted by Gasteiger charge is 2.32. The zero-order valence-electron chi connectivity index (χ0n) is 15.3. The van der Waals surface area contributed by atoms with Gasteiger partial charge in [-0.1, -0.05) is 54.2 Å². The van der Waals surface area contributed by atoms with Crippen molar-refractivity contribution in [2.24, 2.45) is 0 Å². The first-order valence-corrected chi connectivity index (χ1v) is 12.2. The Hall–Kier alpha value is -1.90. The summed E-state index contributed by atoms with van der Waals surface area (Å²) < 4.78 is 5.59. The zero-order valence-corrected chi connectivity index (χ0v) is 17.7. The first-order chi connectivity index (χ1) is 13.8. The summed E-state index contributed by atoms with van der Waals surface area (Å²) >= 11 is 4.71. The van der Waals surface area contributed by atoms with Crippen molar-refractivity contribution < 1.29 is 9.21 Å². The van der Waals surface area contributed by atoms with Gasteiger partial charge in [0.25, 0.3) is 5.22 Å². The largest absolute Gasteiger partial charge is 0.415 e. The van der Waals surface area contributed by atoms with Crippen molar-refractivity contribution in [3.05, 3.63) is 66.1 Å². The molecule has 1 aromatic heterocycles. The van der Waals surface area contributed by atoms with E-state index in [1.54, 1.807) is 23.5 Å². The summed E-state index contributed by atoms with van der Waals surface area (Å²) in [6, 6.07) is 18.3. The Morgan fingerprint density at radius 2 is 1.96 bits per heavy atom. The Bertz CT molecular complexity index is 949. The molecule has 0 saturated carbocycles. The fraction of sp³-hybridized carbons (Fsp3) is 0.250. The lowest BCUT2D eigenvalue weighted by Gasteiger charge is -2.37. The Labute approximate surface area is 176 Å². The number of carbonyl (C=O) groups is 1. The quantitative estimate of drug-likeness (QED) is 0.516. The van der Waals surface area contributed by atoms with Crippen molar-refractivity contribution in [3.63, 3.8) is 0 Å². The van der Waals surface area contributed by atoms with Crippen LogP contribution in [-0.4, -0.2) is 33.9 Å². The number of carbonyl (C=O) groups excluding carboxylic acids is 1. The molecular weight excluding hydrogens is 410 g/mol. The number of thioether (sulfide) groups is 3. The number of hydrogen-bond acceptors (Lipinski definition) is 7. The molecule has 2 aromatic carbocycles. The van der Waals surface area contributed by atoms with E-state index in [1.165, 1.54) is 11.8 Å². The van der Waals surface area contributed by atoms with Crippen LogP contribution in [0.1, 0.15) is 17.5 Å². The van der Waals surface area contributed by atoms with E-state index in [-0.39, 0.29) is 17.7 Å². The Morgan fingerprint density at radius 3 is 2.79 bits per heavy atom. The second kappa shape index (κ2) is 9.07. The smallest absolute Gasteiger partial charge is 0.277 e. The van der Waals surface area contributed by atoms with Gasteiger partial charge in [-0.3, -0.25) is 4.79 Å². The molecule has 2 heterocycles. The summed E-state index contributed by atoms with van der Waals surface area (Å²) in [4.78, 5) is 16.3. The highest BCUT2D eigenvalue weighted by molar-refractivity contribution is 8.00. The minimum Gasteiger partial charge on any atom is -0.415 e. The molecule has 0 spiro atoms. The fourth-order valence-electron chi connectivity index (χ4n) is 3.09. The molecule has 5 nitrogen and oxygen atoms in total. The summed E-state index contributed by atoms with van der Waals surface area (Å²) in [5, 5.41) is 8.48. The van der Waals surface area contributed by atoms with E-state index in [0.29, 0.717) is 16.9 Å². The van der Waals surface area contributed by atoms with Gasteiger partial charge in [0, 0.05) is 10.6 Å². The van der Waals surface area contributed by atoms with Crippen LogP contribution in [0, 0.1) is 0 Å². The second-order valence-electron chi connectivity index (χ2n) is 6.15. The Morgan fingerprint density at radius 1 is 1.18 bits per heavy atom. The molecule has 1 amide bonds. The number of nitrogens with zero attached hydrogens (tertiary/aromatic N) is 3. The molecule has 1 atom stereocenters. The fourth-order valence-corrected chi connectivity index (χ4v) is 5.26. The number of fused-ring (bicyclic) bond motifs is 1. The third-order valence-electron chi connectivity index (χ3n) is 4.32. The van der Waals surface area contributed by atoms with Gasteiger partial charge in [0.2, 0.25) is 11.8 Å². The summed E-state index contributed by atoms with van der Waals surface area (Å²) in [5.41, 5.74) is 2.11. The van der Waals surface area contributed by atoms with Gasteiger partial charge in [0.15, 0.2) is 0 Å². The van der Waals surface area contributed by atoms with Gasteiger partial charge in [0.05, 0.1) is 23.2 Å². The van der Waals surface area contributed by atoms with Crippen LogP contribution >= 0.6 is 35.3 Å². The molecule has 28 heavy (non-hydrogen) atoms. The second-order valence-corrected chi connectivity index (χ2v) is 9.01. The van der Waals surface area contributed by atoms with E-state index in [9.17, 15) is 4.79 Å². The van der Waals surface area contributed by atoms with Crippen LogP contribution in [0.2, 0.25) is 0 Å². The van der Waals surface area contributed by atoms with Crippen molar-refractivity contribution in [1.29, 1.82) is 0 Å². The van der Waals surface area contributed by atoms with Crippen molar-refractivity contribution in [3.8, 4) is 0 Å². The molecule has 4 rings (SSSR count). The van der Waals surface area contributed by atoms with E-state index in [1.807, 2.05) is 47.6 Å². The van der Waals surface area contributed by atoms with Gasteiger partial charge >= 0.3 is 0 Å². The Kier molecular flexibility index (Phi) is 6.29. The van der Waals surface area contributed by atoms with Crippen LogP contribution in [0.15, 0.2) is 69.1 Å². The van der Waals surface area contributed by atoms with E-state index < -0.39 is 0 Å². The molecule has 8 heteroatoms. The SMILES string of the molecule is CSCc1nnc(SCC(=O)N2c3ccccc3SC[C@@H]2c2ccccc2)o1. The van der Waals surface area contributed by atoms with Crippen molar-refractivity contribution >= 4 is 46.9 Å². The first kappa shape index (κ1) is 19.4. The minimum absolute atomic E-state index is 0.00365. The topological polar surface area (TPSA) is 59.2 Å². The van der Waals surface area contributed by atoms with E-state index in [0.717, 1.165) is 21.9 Å². The molecule has 3 aromatic rings. The zero-order chi connectivity index (χ0) is 19.3. The molecule has 0 fully saturated rings. The maximum absolute atomic E-state index is 13.3. The maximum atomic E-state index is 13.3. The van der Waals surface area contributed by atoms with Crippen LogP contribution < -0.4 is 4.90 Å². The standard InChI is InChI=1S/C20H19N3O2S3/c1-26-12-18-21-22-20(25-18)28-13-19(24)23-15-9-5-6-10-17(15)27-11-16(23)14-7-3-2-4-8-14/h2-10,16H,11-13H2,1H3/t16-/m1/s1. The van der Waals surface area contributed by atoms with Crippen LogP contribution in [0.5, 0.6) is 0 Å². The van der Waals surface area contributed by atoms with Crippen LogP contribution in [0.25, 0.3) is 0 Å². The molecule has 0 N–H and O–H groups in total. The van der Waals surface area contributed by atoms with E-state index in [4.69, 9.17) is 4.42 Å². The number of hydrogen-bond donors (Lipinski definition) is 0. The van der Waals surface area contributed by atoms with Gasteiger partial charge < -0.3 is 9.32 Å². The number of amides is 1. The molecule has 0 saturated heterocycles. The number of aromatic nitrogens is 2. The highest BCUT2D eigenvalue weighted by atomic mass is 32.2. The normalized spacial score (nSPS) is 16.0.